The molecule has 6 nitrogen and oxygen atoms in total. The largest absolute Gasteiger partial charge is 0.310 e. The first-order valence-electron chi connectivity index (χ1n) is 6.82. The van der Waals surface area contributed by atoms with Crippen molar-refractivity contribution in [1.29, 1.82) is 0 Å². The van der Waals surface area contributed by atoms with E-state index in [0.29, 0.717) is 12.1 Å². The minimum Gasteiger partial charge on any atom is -0.310 e. The Morgan fingerprint density at radius 3 is 2.40 bits per heavy atom. The van der Waals surface area contributed by atoms with E-state index in [1.54, 1.807) is 6.20 Å². The van der Waals surface area contributed by atoms with Crippen LogP contribution in [-0.4, -0.2) is 30.7 Å². The van der Waals surface area contributed by atoms with E-state index in [9.17, 15) is 8.42 Å². The van der Waals surface area contributed by atoms with Gasteiger partial charge < -0.3 is 5.32 Å². The van der Waals surface area contributed by atoms with Crippen LogP contribution in [0.15, 0.2) is 11.2 Å². The predicted molar refractivity (Wildman–Crippen MR) is 79.8 cm³/mol. The summed E-state index contributed by atoms with van der Waals surface area (Å²) in [4.78, 5) is 0. The van der Waals surface area contributed by atoms with E-state index in [2.05, 4.69) is 20.2 Å². The van der Waals surface area contributed by atoms with Gasteiger partial charge in [-0.25, -0.2) is 13.1 Å². The third-order valence-electron chi connectivity index (χ3n) is 3.28. The summed E-state index contributed by atoms with van der Waals surface area (Å²) in [5.74, 6) is 0. The smallest absolute Gasteiger partial charge is 0.258 e. The van der Waals surface area contributed by atoms with E-state index in [1.165, 1.54) is 0 Å². The third kappa shape index (κ3) is 4.57. The fourth-order valence-corrected chi connectivity index (χ4v) is 3.02. The summed E-state index contributed by atoms with van der Waals surface area (Å²) < 4.78 is 27.5. The van der Waals surface area contributed by atoms with Crippen molar-refractivity contribution in [2.24, 2.45) is 5.41 Å². The number of aromatic nitrogens is 2. The van der Waals surface area contributed by atoms with Gasteiger partial charge in [-0.3, -0.25) is 5.10 Å². The minimum absolute atomic E-state index is 0.141. The first kappa shape index (κ1) is 17.1. The molecule has 0 aliphatic carbocycles. The Morgan fingerprint density at radius 1 is 1.30 bits per heavy atom. The van der Waals surface area contributed by atoms with Crippen LogP contribution in [0.25, 0.3) is 0 Å². The lowest BCUT2D eigenvalue weighted by molar-refractivity contribution is 0.317. The Bertz CT molecular complexity index is 529. The average Bonchev–Trinajstić information content (AvgIpc) is 2.73. The zero-order valence-electron chi connectivity index (χ0n) is 13.1. The molecule has 7 heteroatoms. The second-order valence-corrected chi connectivity index (χ2v) is 8.12. The summed E-state index contributed by atoms with van der Waals surface area (Å²) >= 11 is 0. The predicted octanol–water partition coefficient (Wildman–Crippen LogP) is 1.62. The Hall–Kier alpha value is -0.920. The molecule has 0 aliphatic rings. The highest BCUT2D eigenvalue weighted by molar-refractivity contribution is 7.89. The van der Waals surface area contributed by atoms with Crippen molar-refractivity contribution in [2.45, 2.75) is 65.2 Å². The fourth-order valence-electron chi connectivity index (χ4n) is 1.44. The molecule has 0 amide bonds. The first-order valence-corrected chi connectivity index (χ1v) is 8.30. The Balaban J connectivity index is 2.91. The van der Waals surface area contributed by atoms with Crippen molar-refractivity contribution in [2.75, 3.05) is 0 Å². The van der Waals surface area contributed by atoms with E-state index in [4.69, 9.17) is 0 Å². The van der Waals surface area contributed by atoms with E-state index >= 15 is 0 Å². The number of nitrogens with one attached hydrogen (secondary N) is 3. The van der Waals surface area contributed by atoms with Gasteiger partial charge >= 0.3 is 0 Å². The highest BCUT2D eigenvalue weighted by Crippen LogP contribution is 2.21. The lowest BCUT2D eigenvalue weighted by Gasteiger charge is -2.27. The molecule has 116 valence electrons. The summed E-state index contributed by atoms with van der Waals surface area (Å²) in [6, 6.07) is 0.101. The number of aromatic amines is 1. The zero-order chi connectivity index (χ0) is 15.6. The fraction of sp³-hybridized carbons (Fsp3) is 0.769. The number of rotatable bonds is 6. The second-order valence-electron chi connectivity index (χ2n) is 6.47. The van der Waals surface area contributed by atoms with Crippen LogP contribution >= 0.6 is 0 Å². The van der Waals surface area contributed by atoms with Crippen molar-refractivity contribution in [1.82, 2.24) is 20.2 Å². The summed E-state index contributed by atoms with van der Waals surface area (Å²) in [6.07, 6.45) is 1.55. The molecule has 0 aromatic carbocycles. The molecule has 20 heavy (non-hydrogen) atoms. The van der Waals surface area contributed by atoms with Crippen LogP contribution in [0, 0.1) is 5.41 Å². The summed E-state index contributed by atoms with van der Waals surface area (Å²) in [5, 5.41) is 9.77. The van der Waals surface area contributed by atoms with E-state index in [1.807, 2.05) is 41.5 Å². The summed E-state index contributed by atoms with van der Waals surface area (Å²) in [5.41, 5.74) is 0.496. The van der Waals surface area contributed by atoms with E-state index < -0.39 is 10.0 Å². The van der Waals surface area contributed by atoms with Gasteiger partial charge in [0, 0.05) is 24.2 Å². The third-order valence-corrected chi connectivity index (χ3v) is 4.83. The molecule has 1 aromatic heterocycles. The molecule has 1 aromatic rings. The molecule has 0 saturated heterocycles. The van der Waals surface area contributed by atoms with Gasteiger partial charge in [0.2, 0.25) is 0 Å². The molecule has 1 rings (SSSR count). The molecule has 0 aliphatic heterocycles. The molecule has 1 heterocycles. The standard InChI is InChI=1S/C13H26N4O2S/c1-9(2)14-7-11-8-15-16-12(11)20(18,19)17-10(3)13(4,5)6/h8-10,14,17H,7H2,1-6H3,(H,15,16). The van der Waals surface area contributed by atoms with Crippen LogP contribution < -0.4 is 10.0 Å². The van der Waals surface area contributed by atoms with Gasteiger partial charge in [-0.15, -0.1) is 0 Å². The van der Waals surface area contributed by atoms with Crippen molar-refractivity contribution in [3.05, 3.63) is 11.8 Å². The number of sulfonamides is 1. The van der Waals surface area contributed by atoms with Crippen LogP contribution in [0.5, 0.6) is 0 Å². The maximum absolute atomic E-state index is 12.4. The average molecular weight is 302 g/mol. The van der Waals surface area contributed by atoms with Gasteiger partial charge in [-0.1, -0.05) is 34.6 Å². The van der Waals surface area contributed by atoms with E-state index in [0.717, 1.165) is 0 Å². The van der Waals surface area contributed by atoms with Crippen molar-refractivity contribution < 1.29 is 8.42 Å². The van der Waals surface area contributed by atoms with Gasteiger partial charge in [0.1, 0.15) is 0 Å². The molecule has 1 atom stereocenters. The van der Waals surface area contributed by atoms with Gasteiger partial charge in [0.25, 0.3) is 10.0 Å². The highest BCUT2D eigenvalue weighted by atomic mass is 32.2. The van der Waals surface area contributed by atoms with Crippen LogP contribution in [-0.2, 0) is 16.6 Å². The molecular formula is C13H26N4O2S. The van der Waals surface area contributed by atoms with Crippen LogP contribution in [0.2, 0.25) is 0 Å². The summed E-state index contributed by atoms with van der Waals surface area (Å²) in [7, 11) is -3.59. The molecule has 0 fully saturated rings. The van der Waals surface area contributed by atoms with Crippen LogP contribution in [0.1, 0.15) is 47.1 Å². The van der Waals surface area contributed by atoms with Crippen molar-refractivity contribution in [3.63, 3.8) is 0 Å². The number of H-pyrrole nitrogens is 1. The molecule has 0 radical (unpaired) electrons. The SMILES string of the molecule is CC(C)NCc1cn[nH]c1S(=O)(=O)NC(C)C(C)(C)C. The Kier molecular flexibility index (Phi) is 5.34. The molecule has 1 unspecified atom stereocenters. The van der Waals surface area contributed by atoms with Crippen LogP contribution in [0.3, 0.4) is 0 Å². The molecule has 0 bridgehead atoms. The number of hydrogen-bond acceptors (Lipinski definition) is 4. The second kappa shape index (κ2) is 6.24. The molecule has 0 spiro atoms. The normalized spacial score (nSPS) is 14.8. The number of nitrogens with zero attached hydrogens (tertiary/aromatic N) is 1. The van der Waals surface area contributed by atoms with E-state index in [-0.39, 0.29) is 22.5 Å². The van der Waals surface area contributed by atoms with Crippen molar-refractivity contribution in [3.8, 4) is 0 Å². The first-order chi connectivity index (χ1) is 9.04. The maximum atomic E-state index is 12.4. The van der Waals surface area contributed by atoms with Gasteiger partial charge in [0.05, 0.1) is 6.20 Å². The highest BCUT2D eigenvalue weighted by Gasteiger charge is 2.28. The Labute approximate surface area is 121 Å². The van der Waals surface area contributed by atoms with Crippen LogP contribution in [0.4, 0.5) is 0 Å². The maximum Gasteiger partial charge on any atom is 0.258 e. The molecule has 3 N–H and O–H groups in total. The Morgan fingerprint density at radius 2 is 1.90 bits per heavy atom. The minimum atomic E-state index is -3.59. The van der Waals surface area contributed by atoms with Gasteiger partial charge in [-0.2, -0.15) is 5.10 Å². The topological polar surface area (TPSA) is 86.9 Å². The van der Waals surface area contributed by atoms with Gasteiger partial charge in [-0.05, 0) is 12.3 Å². The molecule has 0 saturated carbocycles. The lowest BCUT2D eigenvalue weighted by Crippen LogP contribution is -2.41. The van der Waals surface area contributed by atoms with Gasteiger partial charge in [0.15, 0.2) is 5.03 Å². The lowest BCUT2D eigenvalue weighted by atomic mass is 9.89. The number of hydrogen-bond donors (Lipinski definition) is 3. The monoisotopic (exact) mass is 302 g/mol. The summed E-state index contributed by atoms with van der Waals surface area (Å²) in [6.45, 7) is 12.3. The zero-order valence-corrected chi connectivity index (χ0v) is 13.9. The van der Waals surface area contributed by atoms with Crippen molar-refractivity contribution >= 4 is 10.0 Å². The quantitative estimate of drug-likeness (QED) is 0.745. The molecular weight excluding hydrogens is 276 g/mol.